The van der Waals surface area contributed by atoms with Gasteiger partial charge in [-0.25, -0.2) is 0 Å². The standard InChI is InChI=1S/C7H2Br2IN/c8-6-1-4(10)2-7(9)5(6)3-11/h1-2H. The normalized spacial score (nSPS) is 9.27. The summed E-state index contributed by atoms with van der Waals surface area (Å²) in [6.45, 7) is 0. The lowest BCUT2D eigenvalue weighted by atomic mass is 10.2. The summed E-state index contributed by atoms with van der Waals surface area (Å²) in [6.07, 6.45) is 0. The van der Waals surface area contributed by atoms with Gasteiger partial charge < -0.3 is 0 Å². The number of hydrogen-bond donors (Lipinski definition) is 0. The lowest BCUT2D eigenvalue weighted by molar-refractivity contribution is 1.43. The minimum absolute atomic E-state index is 0.644. The van der Waals surface area contributed by atoms with Crippen molar-refractivity contribution in [2.75, 3.05) is 0 Å². The van der Waals surface area contributed by atoms with Gasteiger partial charge in [0.2, 0.25) is 0 Å². The summed E-state index contributed by atoms with van der Waals surface area (Å²) in [4.78, 5) is 0. The molecule has 0 aliphatic carbocycles. The Kier molecular flexibility index (Phi) is 3.34. The van der Waals surface area contributed by atoms with E-state index in [1.54, 1.807) is 0 Å². The summed E-state index contributed by atoms with van der Waals surface area (Å²) in [5.41, 5.74) is 0.644. The van der Waals surface area contributed by atoms with E-state index in [-0.39, 0.29) is 0 Å². The van der Waals surface area contributed by atoms with Gasteiger partial charge in [0.1, 0.15) is 6.07 Å². The molecule has 0 heterocycles. The molecular weight excluding hydrogens is 385 g/mol. The van der Waals surface area contributed by atoms with Crippen LogP contribution in [0, 0.1) is 14.9 Å². The van der Waals surface area contributed by atoms with E-state index in [1.165, 1.54) is 0 Å². The van der Waals surface area contributed by atoms with Crippen molar-refractivity contribution in [3.63, 3.8) is 0 Å². The summed E-state index contributed by atoms with van der Waals surface area (Å²) >= 11 is 8.80. The molecule has 0 N–H and O–H groups in total. The van der Waals surface area contributed by atoms with Crippen LogP contribution in [0.4, 0.5) is 0 Å². The number of nitrogens with zero attached hydrogens (tertiary/aromatic N) is 1. The van der Waals surface area contributed by atoms with Crippen LogP contribution in [0.2, 0.25) is 0 Å². The SMILES string of the molecule is N#Cc1c(Br)cc(I)cc1Br. The Bertz CT molecular complexity index is 307. The first-order valence-corrected chi connectivity index (χ1v) is 5.36. The van der Waals surface area contributed by atoms with Gasteiger partial charge in [-0.05, 0) is 66.6 Å². The molecule has 0 aliphatic rings. The first-order chi connectivity index (χ1) is 5.15. The van der Waals surface area contributed by atoms with E-state index >= 15 is 0 Å². The Morgan fingerprint density at radius 1 is 1.27 bits per heavy atom. The van der Waals surface area contributed by atoms with Crippen LogP contribution >= 0.6 is 54.5 Å². The summed E-state index contributed by atoms with van der Waals surface area (Å²) in [5, 5.41) is 8.68. The van der Waals surface area contributed by atoms with E-state index in [2.05, 4.69) is 60.5 Å². The third-order valence-electron chi connectivity index (χ3n) is 1.12. The van der Waals surface area contributed by atoms with Crippen molar-refractivity contribution < 1.29 is 0 Å². The minimum Gasteiger partial charge on any atom is -0.192 e. The highest BCUT2D eigenvalue weighted by atomic mass is 127. The smallest absolute Gasteiger partial charge is 0.102 e. The largest absolute Gasteiger partial charge is 0.192 e. The Morgan fingerprint density at radius 3 is 2.09 bits per heavy atom. The molecule has 0 amide bonds. The zero-order valence-corrected chi connectivity index (χ0v) is 10.6. The van der Waals surface area contributed by atoms with E-state index in [1.807, 2.05) is 12.1 Å². The first kappa shape index (κ1) is 9.49. The predicted octanol–water partition coefficient (Wildman–Crippen LogP) is 3.69. The molecule has 0 aliphatic heterocycles. The molecule has 1 aromatic carbocycles. The van der Waals surface area contributed by atoms with Crippen LogP contribution in [0.15, 0.2) is 21.1 Å². The average molecular weight is 387 g/mol. The van der Waals surface area contributed by atoms with Gasteiger partial charge in [-0.2, -0.15) is 5.26 Å². The van der Waals surface area contributed by atoms with Crippen molar-refractivity contribution >= 4 is 54.5 Å². The number of nitriles is 1. The fourth-order valence-electron chi connectivity index (χ4n) is 0.649. The minimum atomic E-state index is 0.644. The van der Waals surface area contributed by atoms with Crippen molar-refractivity contribution in [1.29, 1.82) is 5.26 Å². The molecule has 4 heteroatoms. The highest BCUT2D eigenvalue weighted by Crippen LogP contribution is 2.26. The van der Waals surface area contributed by atoms with Crippen molar-refractivity contribution in [2.24, 2.45) is 0 Å². The van der Waals surface area contributed by atoms with E-state index < -0.39 is 0 Å². The maximum absolute atomic E-state index is 8.68. The molecule has 0 radical (unpaired) electrons. The van der Waals surface area contributed by atoms with Crippen molar-refractivity contribution in [2.45, 2.75) is 0 Å². The number of hydrogen-bond acceptors (Lipinski definition) is 1. The molecule has 0 atom stereocenters. The fourth-order valence-corrected chi connectivity index (χ4v) is 3.49. The van der Waals surface area contributed by atoms with E-state index in [0.29, 0.717) is 5.56 Å². The van der Waals surface area contributed by atoms with E-state index in [9.17, 15) is 0 Å². The molecule has 0 fully saturated rings. The van der Waals surface area contributed by atoms with Gasteiger partial charge >= 0.3 is 0 Å². The van der Waals surface area contributed by atoms with E-state index in [4.69, 9.17) is 5.26 Å². The van der Waals surface area contributed by atoms with Crippen LogP contribution in [-0.2, 0) is 0 Å². The lowest BCUT2D eigenvalue weighted by Crippen LogP contribution is -1.81. The second-order valence-corrected chi connectivity index (χ2v) is 4.81. The molecular formula is C7H2Br2IN. The Labute approximate surface area is 95.2 Å². The third kappa shape index (κ3) is 2.17. The highest BCUT2D eigenvalue weighted by molar-refractivity contribution is 14.1. The zero-order valence-electron chi connectivity index (χ0n) is 5.24. The summed E-state index contributed by atoms with van der Waals surface area (Å²) in [7, 11) is 0. The second kappa shape index (κ2) is 3.87. The summed E-state index contributed by atoms with van der Waals surface area (Å²) in [5.74, 6) is 0. The van der Waals surface area contributed by atoms with Crippen molar-refractivity contribution in [3.8, 4) is 6.07 Å². The Hall–Kier alpha value is 0.400. The topological polar surface area (TPSA) is 23.8 Å². The maximum atomic E-state index is 8.68. The summed E-state index contributed by atoms with van der Waals surface area (Å²) < 4.78 is 2.76. The van der Waals surface area contributed by atoms with Crippen LogP contribution in [0.1, 0.15) is 5.56 Å². The van der Waals surface area contributed by atoms with Gasteiger partial charge in [0.15, 0.2) is 0 Å². The first-order valence-electron chi connectivity index (χ1n) is 2.70. The number of benzene rings is 1. The third-order valence-corrected chi connectivity index (χ3v) is 2.99. The molecule has 11 heavy (non-hydrogen) atoms. The molecule has 0 bridgehead atoms. The summed E-state index contributed by atoms with van der Waals surface area (Å²) in [6, 6.07) is 5.91. The molecule has 1 aromatic rings. The van der Waals surface area contributed by atoms with Gasteiger partial charge in [0.25, 0.3) is 0 Å². The molecule has 0 saturated carbocycles. The van der Waals surface area contributed by atoms with E-state index in [0.717, 1.165) is 12.5 Å². The number of halogens is 3. The van der Waals surface area contributed by atoms with Crippen LogP contribution in [-0.4, -0.2) is 0 Å². The maximum Gasteiger partial charge on any atom is 0.102 e. The molecule has 56 valence electrons. The van der Waals surface area contributed by atoms with Gasteiger partial charge in [0.05, 0.1) is 5.56 Å². The van der Waals surface area contributed by atoms with Gasteiger partial charge in [0, 0.05) is 12.5 Å². The molecule has 0 aromatic heterocycles. The Balaban J connectivity index is 3.40. The van der Waals surface area contributed by atoms with Crippen molar-refractivity contribution in [3.05, 3.63) is 30.2 Å². The average Bonchev–Trinajstić information content (AvgIpc) is 1.85. The number of rotatable bonds is 0. The van der Waals surface area contributed by atoms with Crippen LogP contribution in [0.3, 0.4) is 0 Å². The molecule has 0 saturated heterocycles. The molecule has 1 rings (SSSR count). The quantitative estimate of drug-likeness (QED) is 0.624. The van der Waals surface area contributed by atoms with Gasteiger partial charge in [-0.15, -0.1) is 0 Å². The van der Waals surface area contributed by atoms with Gasteiger partial charge in [-0.3, -0.25) is 0 Å². The van der Waals surface area contributed by atoms with Crippen LogP contribution in [0.25, 0.3) is 0 Å². The van der Waals surface area contributed by atoms with Crippen molar-refractivity contribution in [1.82, 2.24) is 0 Å². The second-order valence-electron chi connectivity index (χ2n) is 1.86. The van der Waals surface area contributed by atoms with Gasteiger partial charge in [-0.1, -0.05) is 0 Å². The lowest BCUT2D eigenvalue weighted by Gasteiger charge is -1.98. The highest BCUT2D eigenvalue weighted by Gasteiger charge is 2.04. The fraction of sp³-hybridized carbons (Fsp3) is 0. The monoisotopic (exact) mass is 385 g/mol. The Morgan fingerprint density at radius 2 is 1.73 bits per heavy atom. The van der Waals surface area contributed by atoms with Crippen LogP contribution in [0.5, 0.6) is 0 Å². The zero-order chi connectivity index (χ0) is 8.43. The molecule has 0 spiro atoms. The molecule has 1 nitrogen and oxygen atoms in total. The van der Waals surface area contributed by atoms with Crippen LogP contribution < -0.4 is 0 Å². The molecule has 0 unspecified atom stereocenters. The predicted molar refractivity (Wildman–Crippen MR) is 59.3 cm³/mol.